The first-order valence-electron chi connectivity index (χ1n) is 5.99. The molecule has 1 amide bonds. The van der Waals surface area contributed by atoms with Gasteiger partial charge in [-0.25, -0.2) is 4.39 Å². The molecule has 0 saturated heterocycles. The highest BCUT2D eigenvalue weighted by Gasteiger charge is 2.25. The van der Waals surface area contributed by atoms with Crippen molar-refractivity contribution in [3.8, 4) is 0 Å². The van der Waals surface area contributed by atoms with E-state index < -0.39 is 5.82 Å². The molecule has 3 nitrogen and oxygen atoms in total. The Morgan fingerprint density at radius 1 is 1.50 bits per heavy atom. The van der Waals surface area contributed by atoms with Crippen molar-refractivity contribution in [2.75, 3.05) is 12.0 Å². The van der Waals surface area contributed by atoms with Crippen molar-refractivity contribution in [1.29, 1.82) is 0 Å². The van der Waals surface area contributed by atoms with Crippen molar-refractivity contribution in [2.24, 2.45) is 0 Å². The number of nitrogen functional groups attached to an aromatic ring is 1. The Kier molecular flexibility index (Phi) is 4.11. The van der Waals surface area contributed by atoms with Crippen molar-refractivity contribution in [2.45, 2.75) is 30.6 Å². The topological polar surface area (TPSA) is 55.1 Å². The van der Waals surface area contributed by atoms with Crippen molar-refractivity contribution in [3.63, 3.8) is 0 Å². The summed E-state index contributed by atoms with van der Waals surface area (Å²) in [7, 11) is 0. The number of rotatable bonds is 3. The number of anilines is 1. The summed E-state index contributed by atoms with van der Waals surface area (Å²) in [5.74, 6) is -0.664. The summed E-state index contributed by atoms with van der Waals surface area (Å²) in [4.78, 5) is 12.0. The standard InChI is InChI=1S/C13H17FN2OS/c1-18-10-4-3-9(7-10)16-13(17)8-2-5-11(14)12(15)6-8/h2,5-6,9-10H,3-4,7,15H2,1H3,(H,16,17). The van der Waals surface area contributed by atoms with E-state index in [9.17, 15) is 9.18 Å². The van der Waals surface area contributed by atoms with Gasteiger partial charge in [0.05, 0.1) is 5.69 Å². The Hall–Kier alpha value is -1.23. The van der Waals surface area contributed by atoms with Gasteiger partial charge >= 0.3 is 0 Å². The molecule has 1 fully saturated rings. The van der Waals surface area contributed by atoms with Crippen LogP contribution in [0.1, 0.15) is 29.6 Å². The molecule has 1 saturated carbocycles. The van der Waals surface area contributed by atoms with Crippen LogP contribution in [0.3, 0.4) is 0 Å². The van der Waals surface area contributed by atoms with Gasteiger partial charge in [-0.15, -0.1) is 0 Å². The fourth-order valence-electron chi connectivity index (χ4n) is 2.24. The zero-order valence-corrected chi connectivity index (χ0v) is 11.1. The number of halogens is 1. The van der Waals surface area contributed by atoms with E-state index in [-0.39, 0.29) is 17.6 Å². The number of nitrogens with one attached hydrogen (secondary N) is 1. The monoisotopic (exact) mass is 268 g/mol. The summed E-state index contributed by atoms with van der Waals surface area (Å²) in [6, 6.07) is 4.29. The van der Waals surface area contributed by atoms with Crippen LogP contribution in [0.4, 0.5) is 10.1 Å². The molecule has 0 heterocycles. The lowest BCUT2D eigenvalue weighted by Crippen LogP contribution is -2.33. The Labute approximate surface area is 110 Å². The summed E-state index contributed by atoms with van der Waals surface area (Å²) < 4.78 is 13.0. The van der Waals surface area contributed by atoms with Crippen LogP contribution in [0.25, 0.3) is 0 Å². The van der Waals surface area contributed by atoms with Gasteiger partial charge in [-0.2, -0.15) is 11.8 Å². The zero-order chi connectivity index (χ0) is 13.1. The summed E-state index contributed by atoms with van der Waals surface area (Å²) in [5, 5.41) is 3.61. The number of carbonyl (C=O) groups is 1. The lowest BCUT2D eigenvalue weighted by atomic mass is 10.1. The molecule has 5 heteroatoms. The highest BCUT2D eigenvalue weighted by Crippen LogP contribution is 2.28. The summed E-state index contributed by atoms with van der Waals surface area (Å²) in [6.07, 6.45) is 5.24. The van der Waals surface area contributed by atoms with Gasteiger partial charge in [0, 0.05) is 16.9 Å². The molecule has 2 rings (SSSR count). The number of amides is 1. The number of carbonyl (C=O) groups excluding carboxylic acids is 1. The Balaban J connectivity index is 1.97. The van der Waals surface area contributed by atoms with E-state index in [4.69, 9.17) is 5.73 Å². The van der Waals surface area contributed by atoms with Gasteiger partial charge in [-0.05, 0) is 43.7 Å². The quantitative estimate of drug-likeness (QED) is 0.828. The molecule has 0 spiro atoms. The van der Waals surface area contributed by atoms with Gasteiger partial charge in [-0.3, -0.25) is 4.79 Å². The number of hydrogen-bond donors (Lipinski definition) is 2. The minimum atomic E-state index is -0.491. The third kappa shape index (κ3) is 2.96. The van der Waals surface area contributed by atoms with Crippen molar-refractivity contribution in [3.05, 3.63) is 29.6 Å². The van der Waals surface area contributed by atoms with Gasteiger partial charge in [-0.1, -0.05) is 0 Å². The predicted molar refractivity (Wildman–Crippen MR) is 73.2 cm³/mol. The van der Waals surface area contributed by atoms with Gasteiger partial charge in [0.25, 0.3) is 5.91 Å². The lowest BCUT2D eigenvalue weighted by molar-refractivity contribution is 0.0938. The Morgan fingerprint density at radius 3 is 2.89 bits per heavy atom. The average Bonchev–Trinajstić information content (AvgIpc) is 2.80. The fourth-order valence-corrected chi connectivity index (χ4v) is 3.04. The first-order valence-corrected chi connectivity index (χ1v) is 7.27. The third-order valence-corrected chi connectivity index (χ3v) is 4.41. The molecule has 2 unspecified atom stereocenters. The molecule has 1 aromatic rings. The van der Waals surface area contributed by atoms with Gasteiger partial charge < -0.3 is 11.1 Å². The summed E-state index contributed by atoms with van der Waals surface area (Å²) >= 11 is 1.84. The Morgan fingerprint density at radius 2 is 2.28 bits per heavy atom. The van der Waals surface area contributed by atoms with E-state index in [2.05, 4.69) is 11.6 Å². The first-order chi connectivity index (χ1) is 8.60. The molecule has 1 aromatic carbocycles. The van der Waals surface area contributed by atoms with Crippen LogP contribution in [0.2, 0.25) is 0 Å². The van der Waals surface area contributed by atoms with Crippen LogP contribution in [0, 0.1) is 5.82 Å². The van der Waals surface area contributed by atoms with Crippen LogP contribution in [-0.4, -0.2) is 23.5 Å². The van der Waals surface area contributed by atoms with Gasteiger partial charge in [0.2, 0.25) is 0 Å². The molecule has 2 atom stereocenters. The van der Waals surface area contributed by atoms with Crippen LogP contribution in [0.5, 0.6) is 0 Å². The second-order valence-electron chi connectivity index (χ2n) is 4.58. The maximum Gasteiger partial charge on any atom is 0.251 e. The van der Waals surface area contributed by atoms with Crippen molar-refractivity contribution < 1.29 is 9.18 Å². The first kappa shape index (κ1) is 13.2. The predicted octanol–water partition coefficient (Wildman–Crippen LogP) is 2.42. The number of hydrogen-bond acceptors (Lipinski definition) is 3. The van der Waals surface area contributed by atoms with Gasteiger partial charge in [0.15, 0.2) is 0 Å². The molecule has 0 aromatic heterocycles. The fraction of sp³-hybridized carbons (Fsp3) is 0.462. The number of nitrogens with two attached hydrogens (primary N) is 1. The molecule has 98 valence electrons. The van der Waals surface area contributed by atoms with E-state index in [0.29, 0.717) is 10.8 Å². The van der Waals surface area contributed by atoms with Crippen LogP contribution >= 0.6 is 11.8 Å². The largest absolute Gasteiger partial charge is 0.396 e. The average molecular weight is 268 g/mol. The summed E-state index contributed by atoms with van der Waals surface area (Å²) in [6.45, 7) is 0. The highest BCUT2D eigenvalue weighted by atomic mass is 32.2. The minimum Gasteiger partial charge on any atom is -0.396 e. The number of thioether (sulfide) groups is 1. The smallest absolute Gasteiger partial charge is 0.251 e. The normalized spacial score (nSPS) is 23.0. The van der Waals surface area contributed by atoms with Crippen molar-refractivity contribution >= 4 is 23.4 Å². The van der Waals surface area contributed by atoms with Crippen LogP contribution in [-0.2, 0) is 0 Å². The van der Waals surface area contributed by atoms with E-state index in [1.54, 1.807) is 0 Å². The SMILES string of the molecule is CSC1CCC(NC(=O)c2ccc(F)c(N)c2)C1. The Bertz CT molecular complexity index is 453. The third-order valence-electron chi connectivity index (χ3n) is 3.31. The van der Waals surface area contributed by atoms with Gasteiger partial charge in [0.1, 0.15) is 5.82 Å². The van der Waals surface area contributed by atoms with E-state index in [1.807, 2.05) is 11.8 Å². The molecule has 0 aliphatic heterocycles. The lowest BCUT2D eigenvalue weighted by Gasteiger charge is -2.13. The molecule has 18 heavy (non-hydrogen) atoms. The van der Waals surface area contributed by atoms with Crippen LogP contribution in [0.15, 0.2) is 18.2 Å². The van der Waals surface area contributed by atoms with E-state index in [0.717, 1.165) is 19.3 Å². The van der Waals surface area contributed by atoms with Crippen molar-refractivity contribution in [1.82, 2.24) is 5.32 Å². The van der Waals surface area contributed by atoms with E-state index >= 15 is 0 Å². The maximum absolute atomic E-state index is 13.0. The second kappa shape index (κ2) is 5.61. The highest BCUT2D eigenvalue weighted by molar-refractivity contribution is 7.99. The molecule has 0 bridgehead atoms. The number of benzene rings is 1. The molecule has 0 radical (unpaired) electrons. The molecule has 1 aliphatic rings. The molecular formula is C13H17FN2OS. The maximum atomic E-state index is 13.0. The zero-order valence-electron chi connectivity index (χ0n) is 10.3. The molecular weight excluding hydrogens is 251 g/mol. The summed E-state index contributed by atoms with van der Waals surface area (Å²) in [5.41, 5.74) is 5.88. The second-order valence-corrected chi connectivity index (χ2v) is 5.72. The van der Waals surface area contributed by atoms with E-state index in [1.165, 1.54) is 18.2 Å². The van der Waals surface area contributed by atoms with Crippen LogP contribution < -0.4 is 11.1 Å². The molecule has 1 aliphatic carbocycles. The minimum absolute atomic E-state index is 0.0102. The molecule has 3 N–H and O–H groups in total.